The van der Waals surface area contributed by atoms with Crippen molar-refractivity contribution in [1.82, 2.24) is 24.1 Å². The molecule has 0 saturated carbocycles. The fraction of sp³-hybridized carbons (Fsp3) is 0.0517. The molecule has 11 aromatic rings. The Bertz CT molecular complexity index is 3790. The molecule has 5 nitrogen and oxygen atoms in total. The third kappa shape index (κ3) is 5.81. The van der Waals surface area contributed by atoms with Crippen LogP contribution in [-0.4, -0.2) is 24.1 Å². The van der Waals surface area contributed by atoms with Gasteiger partial charge in [0, 0.05) is 61.9 Å². The average Bonchev–Trinajstić information content (AvgIpc) is 3.85. The molecule has 0 radical (unpaired) electrons. The molecule has 0 amide bonds. The number of hydrogen-bond donors (Lipinski definition) is 0. The molecule has 5 heteroatoms. The van der Waals surface area contributed by atoms with Crippen LogP contribution in [0, 0.1) is 5.92 Å². The Morgan fingerprint density at radius 1 is 0.492 bits per heavy atom. The summed E-state index contributed by atoms with van der Waals surface area (Å²) < 4.78 is 4.95. The van der Waals surface area contributed by atoms with Gasteiger partial charge in [-0.3, -0.25) is 0 Å². The first kappa shape index (κ1) is 35.6. The van der Waals surface area contributed by atoms with Crippen molar-refractivity contribution in [3.63, 3.8) is 0 Å². The van der Waals surface area contributed by atoms with Gasteiger partial charge in [-0.2, -0.15) is 0 Å². The summed E-state index contributed by atoms with van der Waals surface area (Å²) in [5.41, 5.74) is 11.5. The summed E-state index contributed by atoms with van der Waals surface area (Å²) in [7, 11) is 0. The van der Waals surface area contributed by atoms with Crippen LogP contribution in [0.4, 0.5) is 0 Å². The highest BCUT2D eigenvalue weighted by Crippen LogP contribution is 2.42. The number of rotatable bonds is 6. The van der Waals surface area contributed by atoms with E-state index in [2.05, 4.69) is 197 Å². The van der Waals surface area contributed by atoms with Gasteiger partial charge in [-0.05, 0) is 87.6 Å². The fourth-order valence-electron chi connectivity index (χ4n) is 10.1. The summed E-state index contributed by atoms with van der Waals surface area (Å²) in [6.45, 7) is 0.714. The van der Waals surface area contributed by atoms with E-state index in [0.717, 1.165) is 34.2 Å². The Kier molecular flexibility index (Phi) is 8.03. The van der Waals surface area contributed by atoms with Gasteiger partial charge in [-0.15, -0.1) is 0 Å². The summed E-state index contributed by atoms with van der Waals surface area (Å²) in [6, 6.07) is 61.4. The first-order valence-electron chi connectivity index (χ1n) is 21.7. The van der Waals surface area contributed by atoms with E-state index < -0.39 is 0 Å². The molecule has 63 heavy (non-hydrogen) atoms. The highest BCUT2D eigenvalue weighted by molar-refractivity contribution is 6.25. The van der Waals surface area contributed by atoms with Crippen molar-refractivity contribution < 1.29 is 0 Å². The maximum absolute atomic E-state index is 5.15. The minimum absolute atomic E-state index is 0.397. The molecule has 1 atom stereocenters. The van der Waals surface area contributed by atoms with Gasteiger partial charge >= 0.3 is 0 Å². The average molecular weight is 806 g/mol. The minimum Gasteiger partial charge on any atom is -0.336 e. The van der Waals surface area contributed by atoms with Gasteiger partial charge in [0.2, 0.25) is 0 Å². The van der Waals surface area contributed by atoms with E-state index in [1.807, 2.05) is 18.2 Å². The van der Waals surface area contributed by atoms with Gasteiger partial charge in [0.1, 0.15) is 0 Å². The third-order valence-electron chi connectivity index (χ3n) is 13.1. The van der Waals surface area contributed by atoms with Crippen LogP contribution in [0.2, 0.25) is 0 Å². The molecule has 1 unspecified atom stereocenters. The summed E-state index contributed by atoms with van der Waals surface area (Å²) in [5.74, 6) is 2.43. The third-order valence-corrected chi connectivity index (χ3v) is 13.1. The molecular weight excluding hydrogens is 767 g/mol. The Hall–Kier alpha value is -8.15. The molecule has 13 rings (SSSR count). The van der Waals surface area contributed by atoms with Gasteiger partial charge in [0.05, 0.1) is 16.6 Å². The normalized spacial score (nSPS) is 14.9. The zero-order valence-electron chi connectivity index (χ0n) is 34.4. The molecule has 2 aliphatic carbocycles. The number of fused-ring (bicyclic) bond motifs is 10. The molecule has 0 aliphatic heterocycles. The first-order chi connectivity index (χ1) is 31.2. The summed E-state index contributed by atoms with van der Waals surface area (Å²) in [6.07, 6.45) is 14.1. The summed E-state index contributed by atoms with van der Waals surface area (Å²) in [5, 5.41) is 9.90. The zero-order valence-corrected chi connectivity index (χ0v) is 34.4. The van der Waals surface area contributed by atoms with Crippen molar-refractivity contribution in [3.05, 3.63) is 223 Å². The Morgan fingerprint density at radius 2 is 1.24 bits per heavy atom. The number of allylic oxidation sites excluding steroid dienone is 8. The predicted molar refractivity (Wildman–Crippen MR) is 261 cm³/mol. The van der Waals surface area contributed by atoms with Crippen LogP contribution >= 0.6 is 0 Å². The van der Waals surface area contributed by atoms with Crippen LogP contribution in [0.5, 0.6) is 0 Å². The molecule has 296 valence electrons. The minimum atomic E-state index is 0.397. The van der Waals surface area contributed by atoms with Crippen molar-refractivity contribution in [3.8, 4) is 28.5 Å². The summed E-state index contributed by atoms with van der Waals surface area (Å²) in [4.78, 5) is 15.3. The van der Waals surface area contributed by atoms with Gasteiger partial charge < -0.3 is 9.13 Å². The number of aromatic nitrogens is 5. The van der Waals surface area contributed by atoms with Crippen molar-refractivity contribution >= 4 is 70.7 Å². The van der Waals surface area contributed by atoms with Crippen molar-refractivity contribution in [1.29, 1.82) is 0 Å². The van der Waals surface area contributed by atoms with Gasteiger partial charge in [-0.1, -0.05) is 158 Å². The fourth-order valence-corrected chi connectivity index (χ4v) is 10.1. The van der Waals surface area contributed by atoms with E-state index in [1.165, 1.54) is 70.9 Å². The second kappa shape index (κ2) is 14.2. The molecule has 0 bridgehead atoms. The van der Waals surface area contributed by atoms with E-state index >= 15 is 0 Å². The largest absolute Gasteiger partial charge is 0.336 e. The lowest BCUT2D eigenvalue weighted by molar-refractivity contribution is 0.781. The van der Waals surface area contributed by atoms with E-state index in [-0.39, 0.29) is 0 Å². The van der Waals surface area contributed by atoms with Crippen LogP contribution in [0.1, 0.15) is 17.8 Å². The summed E-state index contributed by atoms with van der Waals surface area (Å²) >= 11 is 0. The van der Waals surface area contributed by atoms with Crippen LogP contribution in [0.3, 0.4) is 0 Å². The molecule has 0 fully saturated rings. The van der Waals surface area contributed by atoms with Gasteiger partial charge in [0.15, 0.2) is 17.5 Å². The lowest BCUT2D eigenvalue weighted by Crippen LogP contribution is -2.08. The van der Waals surface area contributed by atoms with E-state index in [4.69, 9.17) is 15.0 Å². The molecular formula is C58H39N5. The Balaban J connectivity index is 0.958. The monoisotopic (exact) mass is 805 g/mol. The lowest BCUT2D eigenvalue weighted by atomic mass is 9.85. The van der Waals surface area contributed by atoms with E-state index in [9.17, 15) is 0 Å². The van der Waals surface area contributed by atoms with E-state index in [1.54, 1.807) is 0 Å². The molecule has 3 aromatic heterocycles. The molecule has 0 saturated heterocycles. The van der Waals surface area contributed by atoms with Crippen molar-refractivity contribution in [2.45, 2.75) is 13.0 Å². The number of hydrogen-bond acceptors (Lipinski definition) is 3. The number of para-hydroxylation sites is 2. The Morgan fingerprint density at radius 3 is 2.13 bits per heavy atom. The smallest absolute Gasteiger partial charge is 0.164 e. The predicted octanol–water partition coefficient (Wildman–Crippen LogP) is 14.2. The molecule has 0 N–H and O–H groups in total. The molecule has 0 spiro atoms. The van der Waals surface area contributed by atoms with E-state index in [0.29, 0.717) is 29.9 Å². The van der Waals surface area contributed by atoms with Crippen LogP contribution in [-0.2, 0) is 6.54 Å². The lowest BCUT2D eigenvalue weighted by Gasteiger charge is -2.20. The molecule has 8 aromatic carbocycles. The highest BCUT2D eigenvalue weighted by atomic mass is 15.0. The SMILES string of the molecule is C1=CC2=CC(c3nc(-c4ccccc4)nc(-c4ccc5c(Cn6c7ccccc7c7cc8c(cc76)c6c7ccccc7ccc6n8-c6ccccc6)cccc5c4)n3)=CCC2C=C1. The maximum Gasteiger partial charge on any atom is 0.164 e. The number of benzene rings is 8. The molecule has 3 heterocycles. The topological polar surface area (TPSA) is 48.5 Å². The van der Waals surface area contributed by atoms with Gasteiger partial charge in [-0.25, -0.2) is 15.0 Å². The highest BCUT2D eigenvalue weighted by Gasteiger charge is 2.22. The van der Waals surface area contributed by atoms with Crippen LogP contribution in [0.15, 0.2) is 212 Å². The van der Waals surface area contributed by atoms with Gasteiger partial charge in [0.25, 0.3) is 0 Å². The molecule has 2 aliphatic rings. The maximum atomic E-state index is 5.15. The Labute approximate surface area is 363 Å². The quantitative estimate of drug-likeness (QED) is 0.168. The zero-order chi connectivity index (χ0) is 41.4. The first-order valence-corrected chi connectivity index (χ1v) is 21.7. The second-order valence-corrected chi connectivity index (χ2v) is 16.8. The van der Waals surface area contributed by atoms with Crippen molar-refractivity contribution in [2.75, 3.05) is 0 Å². The van der Waals surface area contributed by atoms with Crippen molar-refractivity contribution in [2.24, 2.45) is 5.92 Å². The second-order valence-electron chi connectivity index (χ2n) is 16.8. The number of nitrogens with zero attached hydrogens (tertiary/aromatic N) is 5. The van der Waals surface area contributed by atoms with Crippen LogP contribution < -0.4 is 0 Å². The van der Waals surface area contributed by atoms with Crippen LogP contribution in [0.25, 0.3) is 99.2 Å². The standard InChI is InChI=1S/C58H39N5/c1-3-16-39(17-4-1)56-59-57(42-27-26-37-14-7-8-18-40(37)32-42)61-58(60-56)43-28-30-46-41(33-43)19-13-20-44(46)36-62-51-25-12-11-24-48(51)49-34-54-50(35-53(49)62)55-47-23-10-9-15-38(47)29-31-52(55)63(54)45-21-5-2-6-22-45/h1-25,27-35,37H,26,36H2.